The molecule has 2 N–H and O–H groups in total. The Balaban J connectivity index is 1.88. The number of hydrogen-bond donors (Lipinski definition) is 2. The standard InChI is InChI=1S/C10H15NO2/c12-4-3-11-10(13)9-6-7-1-2-8(9)5-7/h1-2,7-9,12H,3-6H2,(H,11,13). The van der Waals surface area contributed by atoms with Crippen LogP contribution in [0, 0.1) is 17.8 Å². The van der Waals surface area contributed by atoms with Crippen molar-refractivity contribution in [2.45, 2.75) is 12.8 Å². The van der Waals surface area contributed by atoms with Gasteiger partial charge in [0, 0.05) is 12.5 Å². The number of aliphatic hydroxyl groups is 1. The lowest BCUT2D eigenvalue weighted by Gasteiger charge is -2.16. The first kappa shape index (κ1) is 8.75. The van der Waals surface area contributed by atoms with Gasteiger partial charge in [0.2, 0.25) is 5.91 Å². The smallest absolute Gasteiger partial charge is 0.223 e. The Bertz CT molecular complexity index is 237. The predicted molar refractivity (Wildman–Crippen MR) is 48.9 cm³/mol. The van der Waals surface area contributed by atoms with E-state index in [0.717, 1.165) is 12.8 Å². The first-order chi connectivity index (χ1) is 6.31. The summed E-state index contributed by atoms with van der Waals surface area (Å²) in [6.45, 7) is 0.416. The van der Waals surface area contributed by atoms with Crippen LogP contribution in [0.25, 0.3) is 0 Å². The number of aliphatic hydroxyl groups excluding tert-OH is 1. The van der Waals surface area contributed by atoms with Gasteiger partial charge in [0.05, 0.1) is 6.61 Å². The highest BCUT2D eigenvalue weighted by atomic mass is 16.3. The molecule has 0 aromatic heterocycles. The maximum atomic E-state index is 11.5. The van der Waals surface area contributed by atoms with Gasteiger partial charge in [0.25, 0.3) is 0 Å². The molecule has 72 valence electrons. The Hall–Kier alpha value is -0.830. The Morgan fingerprint density at radius 2 is 2.31 bits per heavy atom. The molecule has 0 aromatic carbocycles. The summed E-state index contributed by atoms with van der Waals surface area (Å²) in [7, 11) is 0. The molecule has 3 nitrogen and oxygen atoms in total. The Labute approximate surface area is 77.8 Å². The molecular formula is C10H15NO2. The third-order valence-corrected chi connectivity index (χ3v) is 3.03. The summed E-state index contributed by atoms with van der Waals surface area (Å²) in [5.74, 6) is 1.38. The molecule has 0 spiro atoms. The zero-order valence-corrected chi connectivity index (χ0v) is 7.57. The van der Waals surface area contributed by atoms with E-state index in [1.54, 1.807) is 0 Å². The van der Waals surface area contributed by atoms with E-state index >= 15 is 0 Å². The number of rotatable bonds is 3. The monoisotopic (exact) mass is 181 g/mol. The average Bonchev–Trinajstić information content (AvgIpc) is 2.74. The molecule has 3 atom stereocenters. The van der Waals surface area contributed by atoms with E-state index in [4.69, 9.17) is 5.11 Å². The van der Waals surface area contributed by atoms with E-state index in [0.29, 0.717) is 18.4 Å². The molecule has 1 fully saturated rings. The van der Waals surface area contributed by atoms with Crippen LogP contribution in [-0.4, -0.2) is 24.2 Å². The normalized spacial score (nSPS) is 35.3. The zero-order valence-electron chi connectivity index (χ0n) is 7.57. The van der Waals surface area contributed by atoms with Gasteiger partial charge >= 0.3 is 0 Å². The number of carbonyl (C=O) groups excluding carboxylic acids is 1. The quantitative estimate of drug-likeness (QED) is 0.615. The molecule has 2 aliphatic rings. The van der Waals surface area contributed by atoms with E-state index in [9.17, 15) is 4.79 Å². The summed E-state index contributed by atoms with van der Waals surface area (Å²) >= 11 is 0. The van der Waals surface area contributed by atoms with E-state index < -0.39 is 0 Å². The van der Waals surface area contributed by atoms with E-state index in [1.807, 2.05) is 0 Å². The second kappa shape index (κ2) is 3.50. The highest BCUT2D eigenvalue weighted by molar-refractivity contribution is 5.79. The first-order valence-corrected chi connectivity index (χ1v) is 4.88. The molecule has 2 rings (SSSR count). The van der Waals surface area contributed by atoms with Crippen molar-refractivity contribution >= 4 is 5.91 Å². The van der Waals surface area contributed by atoms with Crippen molar-refractivity contribution in [3.63, 3.8) is 0 Å². The second-order valence-electron chi connectivity index (χ2n) is 3.90. The van der Waals surface area contributed by atoms with Crippen molar-refractivity contribution in [3.8, 4) is 0 Å². The molecular weight excluding hydrogens is 166 g/mol. The van der Waals surface area contributed by atoms with Gasteiger partial charge in [-0.3, -0.25) is 4.79 Å². The van der Waals surface area contributed by atoms with Gasteiger partial charge < -0.3 is 10.4 Å². The van der Waals surface area contributed by atoms with Crippen molar-refractivity contribution < 1.29 is 9.90 Å². The molecule has 13 heavy (non-hydrogen) atoms. The Morgan fingerprint density at radius 1 is 1.46 bits per heavy atom. The largest absolute Gasteiger partial charge is 0.395 e. The van der Waals surface area contributed by atoms with Crippen LogP contribution in [0.4, 0.5) is 0 Å². The number of fused-ring (bicyclic) bond motifs is 2. The molecule has 1 saturated carbocycles. The van der Waals surface area contributed by atoms with Crippen LogP contribution >= 0.6 is 0 Å². The van der Waals surface area contributed by atoms with Crippen LogP contribution in [0.5, 0.6) is 0 Å². The molecule has 0 aromatic rings. The van der Waals surface area contributed by atoms with Gasteiger partial charge in [0.15, 0.2) is 0 Å². The third kappa shape index (κ3) is 1.61. The summed E-state index contributed by atoms with van der Waals surface area (Å²) in [5.41, 5.74) is 0. The van der Waals surface area contributed by atoms with Crippen molar-refractivity contribution in [2.75, 3.05) is 13.2 Å². The summed E-state index contributed by atoms with van der Waals surface area (Å²) in [6.07, 6.45) is 6.54. The third-order valence-electron chi connectivity index (χ3n) is 3.03. The molecule has 3 heteroatoms. The van der Waals surface area contributed by atoms with Gasteiger partial charge in [-0.2, -0.15) is 0 Å². The highest BCUT2D eigenvalue weighted by Crippen LogP contribution is 2.43. The van der Waals surface area contributed by atoms with Crippen LogP contribution in [0.15, 0.2) is 12.2 Å². The minimum Gasteiger partial charge on any atom is -0.395 e. The molecule has 0 saturated heterocycles. The van der Waals surface area contributed by atoms with Gasteiger partial charge in [-0.1, -0.05) is 12.2 Å². The fourth-order valence-electron chi connectivity index (χ4n) is 2.39. The summed E-state index contributed by atoms with van der Waals surface area (Å²) in [6, 6.07) is 0. The maximum absolute atomic E-state index is 11.5. The fraction of sp³-hybridized carbons (Fsp3) is 0.700. The highest BCUT2D eigenvalue weighted by Gasteiger charge is 2.39. The Kier molecular flexibility index (Phi) is 2.36. The first-order valence-electron chi connectivity index (χ1n) is 4.88. The molecule has 1 amide bonds. The summed E-state index contributed by atoms with van der Waals surface area (Å²) in [4.78, 5) is 11.5. The minimum absolute atomic E-state index is 0.0302. The van der Waals surface area contributed by atoms with Gasteiger partial charge in [-0.05, 0) is 24.7 Å². The summed E-state index contributed by atoms with van der Waals surface area (Å²) in [5, 5.41) is 11.3. The van der Waals surface area contributed by atoms with Gasteiger partial charge in [-0.25, -0.2) is 0 Å². The molecule has 0 heterocycles. The molecule has 0 aliphatic heterocycles. The van der Waals surface area contributed by atoms with Crippen LogP contribution < -0.4 is 5.32 Å². The maximum Gasteiger partial charge on any atom is 0.223 e. The van der Waals surface area contributed by atoms with Crippen molar-refractivity contribution in [2.24, 2.45) is 17.8 Å². The zero-order chi connectivity index (χ0) is 9.26. The van der Waals surface area contributed by atoms with Crippen molar-refractivity contribution in [1.82, 2.24) is 5.32 Å². The number of carbonyl (C=O) groups is 1. The lowest BCUT2D eigenvalue weighted by Crippen LogP contribution is -2.34. The van der Waals surface area contributed by atoms with Crippen LogP contribution in [0.2, 0.25) is 0 Å². The van der Waals surface area contributed by atoms with Crippen LogP contribution in [0.3, 0.4) is 0 Å². The second-order valence-corrected chi connectivity index (χ2v) is 3.90. The van der Waals surface area contributed by atoms with Crippen molar-refractivity contribution in [3.05, 3.63) is 12.2 Å². The fourth-order valence-corrected chi connectivity index (χ4v) is 2.39. The lowest BCUT2D eigenvalue weighted by atomic mass is 9.93. The number of nitrogens with one attached hydrogen (secondary N) is 1. The number of allylic oxidation sites excluding steroid dienone is 2. The van der Waals surface area contributed by atoms with E-state index in [-0.39, 0.29) is 18.4 Å². The molecule has 2 aliphatic carbocycles. The molecule has 2 bridgehead atoms. The summed E-state index contributed by atoms with van der Waals surface area (Å²) < 4.78 is 0. The lowest BCUT2D eigenvalue weighted by molar-refractivity contribution is -0.125. The van der Waals surface area contributed by atoms with Gasteiger partial charge in [0.1, 0.15) is 0 Å². The topological polar surface area (TPSA) is 49.3 Å². The minimum atomic E-state index is 0.0302. The molecule has 0 radical (unpaired) electrons. The SMILES string of the molecule is O=C(NCCO)C1CC2C=CC1C2. The Morgan fingerprint density at radius 3 is 2.85 bits per heavy atom. The average molecular weight is 181 g/mol. The number of hydrogen-bond acceptors (Lipinski definition) is 2. The van der Waals surface area contributed by atoms with Crippen LogP contribution in [0.1, 0.15) is 12.8 Å². The van der Waals surface area contributed by atoms with E-state index in [2.05, 4.69) is 17.5 Å². The van der Waals surface area contributed by atoms with E-state index in [1.165, 1.54) is 0 Å². The predicted octanol–water partition coefficient (Wildman–Crippen LogP) is 0.307. The van der Waals surface area contributed by atoms with Crippen LogP contribution in [-0.2, 0) is 4.79 Å². The van der Waals surface area contributed by atoms with Crippen molar-refractivity contribution in [1.29, 1.82) is 0 Å². The van der Waals surface area contributed by atoms with Gasteiger partial charge in [-0.15, -0.1) is 0 Å². The molecule has 3 unspecified atom stereocenters. The number of amides is 1.